The molecule has 0 radical (unpaired) electrons. The van der Waals surface area contributed by atoms with E-state index in [0.717, 1.165) is 39.3 Å². The van der Waals surface area contributed by atoms with E-state index in [1.54, 1.807) is 0 Å². The minimum Gasteiger partial charge on any atom is -0.340 e. The Kier molecular flexibility index (Phi) is 4.83. The van der Waals surface area contributed by atoms with Gasteiger partial charge in [0.25, 0.3) is 0 Å². The van der Waals surface area contributed by atoms with Gasteiger partial charge in [0, 0.05) is 32.7 Å². The molecule has 0 aromatic rings. The third-order valence-corrected chi connectivity index (χ3v) is 3.26. The van der Waals surface area contributed by atoms with Crippen LogP contribution in [0.5, 0.6) is 0 Å². The Morgan fingerprint density at radius 1 is 1.20 bits per heavy atom. The van der Waals surface area contributed by atoms with Crippen molar-refractivity contribution in [3.8, 4) is 0 Å². The van der Waals surface area contributed by atoms with Crippen LogP contribution in [-0.4, -0.2) is 50.1 Å². The number of piperazine rings is 1. The third kappa shape index (κ3) is 2.83. The van der Waals surface area contributed by atoms with Gasteiger partial charge >= 0.3 is 0 Å². The van der Waals surface area contributed by atoms with Crippen molar-refractivity contribution in [2.45, 2.75) is 6.92 Å². The molecule has 5 heteroatoms. The topological polar surface area (TPSA) is 44.4 Å². The summed E-state index contributed by atoms with van der Waals surface area (Å²) < 4.78 is 0. The van der Waals surface area contributed by atoms with E-state index in [1.165, 1.54) is 0 Å². The van der Waals surface area contributed by atoms with Crippen LogP contribution < -0.4 is 10.6 Å². The lowest BCUT2D eigenvalue weighted by atomic mass is 9.96. The van der Waals surface area contributed by atoms with Gasteiger partial charge in [-0.15, -0.1) is 12.4 Å². The van der Waals surface area contributed by atoms with E-state index in [2.05, 4.69) is 17.6 Å². The quantitative estimate of drug-likeness (QED) is 0.654. The second kappa shape index (κ2) is 5.68. The molecular weight excluding hydrogens is 214 g/mol. The molecule has 0 aromatic heterocycles. The van der Waals surface area contributed by atoms with Gasteiger partial charge in [-0.3, -0.25) is 4.79 Å². The molecule has 0 spiro atoms. The lowest BCUT2D eigenvalue weighted by molar-refractivity contribution is -0.136. The monoisotopic (exact) mass is 233 g/mol. The number of carbonyl (C=O) groups excluding carboxylic acids is 1. The van der Waals surface area contributed by atoms with Crippen LogP contribution in [-0.2, 0) is 4.79 Å². The first-order valence-corrected chi connectivity index (χ1v) is 5.49. The molecule has 2 fully saturated rings. The van der Waals surface area contributed by atoms with Crippen LogP contribution in [0.15, 0.2) is 0 Å². The van der Waals surface area contributed by atoms with Crippen molar-refractivity contribution in [3.63, 3.8) is 0 Å². The summed E-state index contributed by atoms with van der Waals surface area (Å²) in [5.41, 5.74) is 0. The van der Waals surface area contributed by atoms with Gasteiger partial charge in [0.05, 0.1) is 5.92 Å². The minimum absolute atomic E-state index is 0. The van der Waals surface area contributed by atoms with Crippen LogP contribution in [0.1, 0.15) is 6.92 Å². The molecule has 0 aliphatic carbocycles. The highest BCUT2D eigenvalue weighted by Gasteiger charge is 2.32. The Balaban J connectivity index is 0.00000112. The van der Waals surface area contributed by atoms with E-state index < -0.39 is 0 Å². The maximum Gasteiger partial charge on any atom is 0.227 e. The number of hydrogen-bond donors (Lipinski definition) is 2. The molecule has 2 atom stereocenters. The van der Waals surface area contributed by atoms with Crippen LogP contribution in [0.2, 0.25) is 0 Å². The minimum atomic E-state index is 0. The summed E-state index contributed by atoms with van der Waals surface area (Å²) in [6.07, 6.45) is 0. The molecule has 2 saturated heterocycles. The van der Waals surface area contributed by atoms with Gasteiger partial charge in [-0.05, 0) is 12.5 Å². The van der Waals surface area contributed by atoms with Crippen LogP contribution in [0.4, 0.5) is 0 Å². The van der Waals surface area contributed by atoms with Crippen molar-refractivity contribution in [2.24, 2.45) is 11.8 Å². The van der Waals surface area contributed by atoms with Crippen LogP contribution in [0, 0.1) is 11.8 Å². The lowest BCUT2D eigenvalue weighted by Crippen LogP contribution is -2.49. The SMILES string of the molecule is C[C@@H]1CNC[C@H]1C(=O)N1CCNCC1.Cl. The molecule has 15 heavy (non-hydrogen) atoms. The lowest BCUT2D eigenvalue weighted by Gasteiger charge is -2.30. The van der Waals surface area contributed by atoms with Gasteiger partial charge in [-0.1, -0.05) is 6.92 Å². The van der Waals surface area contributed by atoms with Crippen LogP contribution in [0.25, 0.3) is 0 Å². The second-order valence-corrected chi connectivity index (χ2v) is 4.32. The van der Waals surface area contributed by atoms with E-state index in [9.17, 15) is 4.79 Å². The molecule has 2 N–H and O–H groups in total. The number of nitrogens with one attached hydrogen (secondary N) is 2. The highest BCUT2D eigenvalue weighted by atomic mass is 35.5. The van der Waals surface area contributed by atoms with Crippen molar-refractivity contribution in [3.05, 3.63) is 0 Å². The maximum absolute atomic E-state index is 12.1. The zero-order chi connectivity index (χ0) is 9.97. The molecule has 2 aliphatic heterocycles. The Morgan fingerprint density at radius 3 is 2.40 bits per heavy atom. The van der Waals surface area contributed by atoms with E-state index in [0.29, 0.717) is 11.8 Å². The van der Waals surface area contributed by atoms with Gasteiger partial charge in [0.2, 0.25) is 5.91 Å². The van der Waals surface area contributed by atoms with Crippen molar-refractivity contribution >= 4 is 18.3 Å². The molecule has 2 heterocycles. The number of carbonyl (C=O) groups is 1. The molecule has 0 unspecified atom stereocenters. The zero-order valence-corrected chi connectivity index (χ0v) is 9.98. The van der Waals surface area contributed by atoms with E-state index in [1.807, 2.05) is 4.90 Å². The maximum atomic E-state index is 12.1. The largest absolute Gasteiger partial charge is 0.340 e. The summed E-state index contributed by atoms with van der Waals surface area (Å²) in [5, 5.41) is 6.54. The summed E-state index contributed by atoms with van der Waals surface area (Å²) in [7, 11) is 0. The number of hydrogen-bond acceptors (Lipinski definition) is 3. The van der Waals surface area contributed by atoms with Crippen molar-refractivity contribution in [2.75, 3.05) is 39.3 Å². The number of nitrogens with zero attached hydrogens (tertiary/aromatic N) is 1. The van der Waals surface area contributed by atoms with Gasteiger partial charge < -0.3 is 15.5 Å². The Labute approximate surface area is 97.2 Å². The Morgan fingerprint density at radius 2 is 1.87 bits per heavy atom. The first-order valence-electron chi connectivity index (χ1n) is 5.49. The Hall–Kier alpha value is -0.320. The number of amides is 1. The van der Waals surface area contributed by atoms with Crippen LogP contribution in [0.3, 0.4) is 0 Å². The summed E-state index contributed by atoms with van der Waals surface area (Å²) >= 11 is 0. The second-order valence-electron chi connectivity index (χ2n) is 4.32. The Bertz CT molecular complexity index is 219. The fourth-order valence-electron chi connectivity index (χ4n) is 2.26. The summed E-state index contributed by atoms with van der Waals surface area (Å²) in [6, 6.07) is 0. The molecule has 2 rings (SSSR count). The molecule has 4 nitrogen and oxygen atoms in total. The molecule has 1 amide bonds. The summed E-state index contributed by atoms with van der Waals surface area (Å²) in [6.45, 7) is 7.65. The first kappa shape index (κ1) is 12.7. The third-order valence-electron chi connectivity index (χ3n) is 3.26. The first-order chi connectivity index (χ1) is 6.79. The molecule has 0 bridgehead atoms. The van der Waals surface area contributed by atoms with E-state index in [4.69, 9.17) is 0 Å². The highest BCUT2D eigenvalue weighted by molar-refractivity contribution is 5.85. The summed E-state index contributed by atoms with van der Waals surface area (Å²) in [4.78, 5) is 14.1. The fraction of sp³-hybridized carbons (Fsp3) is 0.900. The van der Waals surface area contributed by atoms with Crippen LogP contribution >= 0.6 is 12.4 Å². The van der Waals surface area contributed by atoms with Gasteiger partial charge in [0.15, 0.2) is 0 Å². The average Bonchev–Trinajstić information content (AvgIpc) is 2.65. The molecule has 0 aromatic carbocycles. The number of rotatable bonds is 1. The normalized spacial score (nSPS) is 31.1. The van der Waals surface area contributed by atoms with Gasteiger partial charge in [-0.25, -0.2) is 0 Å². The predicted molar refractivity (Wildman–Crippen MR) is 62.2 cm³/mol. The van der Waals surface area contributed by atoms with Gasteiger partial charge in [-0.2, -0.15) is 0 Å². The average molecular weight is 234 g/mol. The smallest absolute Gasteiger partial charge is 0.227 e. The molecule has 2 aliphatic rings. The van der Waals surface area contributed by atoms with Crippen molar-refractivity contribution in [1.29, 1.82) is 0 Å². The fourth-order valence-corrected chi connectivity index (χ4v) is 2.26. The van der Waals surface area contributed by atoms with E-state index >= 15 is 0 Å². The van der Waals surface area contributed by atoms with E-state index in [-0.39, 0.29) is 18.3 Å². The van der Waals surface area contributed by atoms with Crippen molar-refractivity contribution in [1.82, 2.24) is 15.5 Å². The molecule has 0 saturated carbocycles. The standard InChI is InChI=1S/C10H19N3O.ClH/c1-8-6-12-7-9(8)10(14)13-4-2-11-3-5-13;/h8-9,11-12H,2-7H2,1H3;1H/t8-,9-;/m1./s1. The van der Waals surface area contributed by atoms with Gasteiger partial charge in [0.1, 0.15) is 0 Å². The molecular formula is C10H20ClN3O. The zero-order valence-electron chi connectivity index (χ0n) is 9.16. The van der Waals surface area contributed by atoms with Crippen molar-refractivity contribution < 1.29 is 4.79 Å². The molecule has 88 valence electrons. The highest BCUT2D eigenvalue weighted by Crippen LogP contribution is 2.18. The summed E-state index contributed by atoms with van der Waals surface area (Å²) in [5.74, 6) is 1.06. The number of halogens is 1. The predicted octanol–water partition coefficient (Wildman–Crippen LogP) is -0.304.